The molecule has 0 spiro atoms. The molecule has 23 heavy (non-hydrogen) atoms. The van der Waals surface area contributed by atoms with Crippen LogP contribution in [-0.4, -0.2) is 0 Å². The van der Waals surface area contributed by atoms with E-state index in [9.17, 15) is 0 Å². The van der Waals surface area contributed by atoms with Gasteiger partial charge in [-0.2, -0.15) is 0 Å². The number of benzene rings is 2. The smallest absolute Gasteiger partial charge is 0.130 e. The number of allylic oxidation sites excluding steroid dienone is 1. The first-order chi connectivity index (χ1) is 10.8. The van der Waals surface area contributed by atoms with Gasteiger partial charge in [0.15, 0.2) is 0 Å². The summed E-state index contributed by atoms with van der Waals surface area (Å²) in [4.78, 5) is 0. The van der Waals surface area contributed by atoms with Crippen molar-refractivity contribution in [3.8, 4) is 5.75 Å². The zero-order chi connectivity index (χ0) is 17.3. The molecule has 0 bridgehead atoms. The summed E-state index contributed by atoms with van der Waals surface area (Å²) < 4.78 is 6.31. The Labute approximate surface area is 141 Å². The zero-order valence-corrected chi connectivity index (χ0v) is 15.7. The van der Waals surface area contributed by atoms with Crippen molar-refractivity contribution in [2.45, 2.75) is 55.4 Å². The first-order valence-electron chi connectivity index (χ1n) is 8.26. The van der Waals surface area contributed by atoms with Gasteiger partial charge in [-0.05, 0) is 119 Å². The molecule has 0 fully saturated rings. The molecule has 0 atom stereocenters. The number of hydrogen-bond acceptors (Lipinski definition) is 1. The number of rotatable bonds is 3. The summed E-state index contributed by atoms with van der Waals surface area (Å²) in [7, 11) is 0. The molecule has 1 heteroatoms. The lowest BCUT2D eigenvalue weighted by Gasteiger charge is -2.18. The Hall–Kier alpha value is -2.02. The minimum atomic E-state index is 0.918. The van der Waals surface area contributed by atoms with E-state index in [-0.39, 0.29) is 0 Å². The van der Waals surface area contributed by atoms with Crippen LogP contribution in [0, 0.1) is 48.5 Å². The van der Waals surface area contributed by atoms with Crippen molar-refractivity contribution >= 4 is 5.76 Å². The molecule has 1 nitrogen and oxygen atoms in total. The predicted molar refractivity (Wildman–Crippen MR) is 100 cm³/mol. The van der Waals surface area contributed by atoms with E-state index in [1.165, 1.54) is 38.9 Å². The SMILES string of the molecule is CC=C(Oc1cc(C)c(C)c(C)c1C)c1cc(C)c(C)c(C)c1. The third kappa shape index (κ3) is 3.34. The standard InChI is InChI=1S/C22H28O/c1-9-21(20-10-13(2)16(5)14(3)11-20)23-22-12-15(4)17(6)18(7)19(22)8/h9-12H,1-8H3. The molecule has 0 radical (unpaired) electrons. The van der Waals surface area contributed by atoms with E-state index in [0.29, 0.717) is 0 Å². The fourth-order valence-corrected chi connectivity index (χ4v) is 2.86. The fraction of sp³-hybridized carbons (Fsp3) is 0.364. The molecule has 2 aromatic carbocycles. The van der Waals surface area contributed by atoms with E-state index in [1.807, 2.05) is 13.0 Å². The molecule has 2 rings (SSSR count). The maximum absolute atomic E-state index is 6.31. The van der Waals surface area contributed by atoms with Crippen molar-refractivity contribution in [1.82, 2.24) is 0 Å². The maximum atomic E-state index is 6.31. The van der Waals surface area contributed by atoms with Crippen molar-refractivity contribution in [3.05, 3.63) is 68.8 Å². The van der Waals surface area contributed by atoms with Crippen LogP contribution < -0.4 is 4.74 Å². The second kappa shape index (κ2) is 6.62. The summed E-state index contributed by atoms with van der Waals surface area (Å²) in [6.07, 6.45) is 2.05. The van der Waals surface area contributed by atoms with E-state index in [0.717, 1.165) is 17.1 Å². The molecular formula is C22H28O. The van der Waals surface area contributed by atoms with Crippen LogP contribution in [0.5, 0.6) is 5.75 Å². The molecule has 0 saturated carbocycles. The van der Waals surface area contributed by atoms with Crippen molar-refractivity contribution < 1.29 is 4.74 Å². The summed E-state index contributed by atoms with van der Waals surface area (Å²) in [6, 6.07) is 6.57. The second-order valence-corrected chi connectivity index (χ2v) is 6.56. The van der Waals surface area contributed by atoms with Gasteiger partial charge in [0, 0.05) is 5.56 Å². The summed E-state index contributed by atoms with van der Waals surface area (Å²) >= 11 is 0. The maximum Gasteiger partial charge on any atom is 0.130 e. The monoisotopic (exact) mass is 308 g/mol. The Bertz CT molecular complexity index is 756. The second-order valence-electron chi connectivity index (χ2n) is 6.56. The van der Waals surface area contributed by atoms with Crippen LogP contribution in [0.1, 0.15) is 51.4 Å². The number of ether oxygens (including phenoxy) is 1. The average molecular weight is 308 g/mol. The third-order valence-corrected chi connectivity index (χ3v) is 5.13. The zero-order valence-electron chi connectivity index (χ0n) is 15.7. The van der Waals surface area contributed by atoms with Crippen LogP contribution in [0.2, 0.25) is 0 Å². The highest BCUT2D eigenvalue weighted by atomic mass is 16.5. The molecule has 0 aliphatic rings. The van der Waals surface area contributed by atoms with Crippen molar-refractivity contribution in [3.63, 3.8) is 0 Å². The quantitative estimate of drug-likeness (QED) is 0.606. The van der Waals surface area contributed by atoms with Gasteiger partial charge in [0.2, 0.25) is 0 Å². The summed E-state index contributed by atoms with van der Waals surface area (Å²) in [5.74, 6) is 1.87. The van der Waals surface area contributed by atoms with Gasteiger partial charge in [-0.25, -0.2) is 0 Å². The molecule has 0 heterocycles. The van der Waals surface area contributed by atoms with Crippen LogP contribution in [0.15, 0.2) is 24.3 Å². The lowest BCUT2D eigenvalue weighted by atomic mass is 9.98. The Morgan fingerprint density at radius 3 is 1.74 bits per heavy atom. The van der Waals surface area contributed by atoms with Crippen LogP contribution in [0.25, 0.3) is 5.76 Å². The Morgan fingerprint density at radius 2 is 1.22 bits per heavy atom. The van der Waals surface area contributed by atoms with Gasteiger partial charge < -0.3 is 4.74 Å². The van der Waals surface area contributed by atoms with Gasteiger partial charge in [0.25, 0.3) is 0 Å². The van der Waals surface area contributed by atoms with E-state index >= 15 is 0 Å². The lowest BCUT2D eigenvalue weighted by molar-refractivity contribution is 0.508. The summed E-state index contributed by atoms with van der Waals surface area (Å²) in [5.41, 5.74) is 10.2. The van der Waals surface area contributed by atoms with Crippen molar-refractivity contribution in [1.29, 1.82) is 0 Å². The van der Waals surface area contributed by atoms with E-state index < -0.39 is 0 Å². The molecule has 122 valence electrons. The van der Waals surface area contributed by atoms with E-state index in [4.69, 9.17) is 4.74 Å². The molecule has 2 aromatic rings. The highest BCUT2D eigenvalue weighted by molar-refractivity contribution is 5.65. The topological polar surface area (TPSA) is 9.23 Å². The molecular weight excluding hydrogens is 280 g/mol. The Kier molecular flexibility index (Phi) is 4.99. The largest absolute Gasteiger partial charge is 0.457 e. The third-order valence-electron chi connectivity index (χ3n) is 5.13. The molecule has 0 unspecified atom stereocenters. The molecule has 0 aliphatic carbocycles. The van der Waals surface area contributed by atoms with Gasteiger partial charge in [-0.15, -0.1) is 0 Å². The van der Waals surface area contributed by atoms with Gasteiger partial charge in [0.1, 0.15) is 11.5 Å². The van der Waals surface area contributed by atoms with Crippen LogP contribution in [0.4, 0.5) is 0 Å². The first-order valence-corrected chi connectivity index (χ1v) is 8.26. The minimum absolute atomic E-state index is 0.918. The Morgan fingerprint density at radius 1 is 0.696 bits per heavy atom. The normalized spacial score (nSPS) is 11.7. The molecule has 0 N–H and O–H groups in total. The highest BCUT2D eigenvalue weighted by Crippen LogP contribution is 2.31. The van der Waals surface area contributed by atoms with Crippen molar-refractivity contribution in [2.24, 2.45) is 0 Å². The summed E-state index contributed by atoms with van der Waals surface area (Å²) in [6.45, 7) is 17.1. The molecule has 0 amide bonds. The number of aryl methyl sites for hydroxylation is 3. The predicted octanol–water partition coefficient (Wildman–Crippen LogP) is 6.29. The Balaban J connectivity index is 2.46. The van der Waals surface area contributed by atoms with E-state index in [1.54, 1.807) is 0 Å². The van der Waals surface area contributed by atoms with Gasteiger partial charge >= 0.3 is 0 Å². The highest BCUT2D eigenvalue weighted by Gasteiger charge is 2.12. The fourth-order valence-electron chi connectivity index (χ4n) is 2.86. The van der Waals surface area contributed by atoms with Crippen molar-refractivity contribution in [2.75, 3.05) is 0 Å². The number of hydrogen-bond donors (Lipinski definition) is 0. The first kappa shape index (κ1) is 17.3. The van der Waals surface area contributed by atoms with Crippen LogP contribution >= 0.6 is 0 Å². The molecule has 0 aliphatic heterocycles. The average Bonchev–Trinajstić information content (AvgIpc) is 2.52. The van der Waals surface area contributed by atoms with Gasteiger partial charge in [0.05, 0.1) is 0 Å². The van der Waals surface area contributed by atoms with Crippen LogP contribution in [0.3, 0.4) is 0 Å². The van der Waals surface area contributed by atoms with E-state index in [2.05, 4.69) is 66.7 Å². The molecule has 0 saturated heterocycles. The van der Waals surface area contributed by atoms with Gasteiger partial charge in [-0.3, -0.25) is 0 Å². The minimum Gasteiger partial charge on any atom is -0.457 e. The van der Waals surface area contributed by atoms with Crippen LogP contribution in [-0.2, 0) is 0 Å². The van der Waals surface area contributed by atoms with Gasteiger partial charge in [-0.1, -0.05) is 0 Å². The summed E-state index contributed by atoms with van der Waals surface area (Å²) in [5, 5.41) is 0. The lowest BCUT2D eigenvalue weighted by Crippen LogP contribution is -2.01. The molecule has 0 aromatic heterocycles.